The number of aromatic nitrogens is 3. The van der Waals surface area contributed by atoms with Gasteiger partial charge in [-0.15, -0.1) is 0 Å². The van der Waals surface area contributed by atoms with Crippen LogP contribution in [0.1, 0.15) is 33.0 Å². The standard InChI is InChI=1S/C7H11N3.C2H6/c1-6-2-3-10-7(4-6)8-5-9-10;1-2/h5-6H,2-4H2,1H3;1-2H3. The molecule has 3 nitrogen and oxygen atoms in total. The molecule has 0 spiro atoms. The second-order valence-corrected chi connectivity index (χ2v) is 3.00. The highest BCUT2D eigenvalue weighted by atomic mass is 15.3. The van der Waals surface area contributed by atoms with Gasteiger partial charge in [0, 0.05) is 13.0 Å². The molecule has 1 atom stereocenters. The number of aryl methyl sites for hydroxylation is 1. The Morgan fingerprint density at radius 1 is 1.50 bits per heavy atom. The number of fused-ring (bicyclic) bond motifs is 1. The molecule has 0 radical (unpaired) electrons. The summed E-state index contributed by atoms with van der Waals surface area (Å²) in [6, 6.07) is 0. The van der Waals surface area contributed by atoms with Gasteiger partial charge in [-0.3, -0.25) is 4.68 Å². The van der Waals surface area contributed by atoms with Crippen molar-refractivity contribution in [3.8, 4) is 0 Å². The second-order valence-electron chi connectivity index (χ2n) is 3.00. The molecule has 1 aromatic heterocycles. The Morgan fingerprint density at radius 3 is 3.00 bits per heavy atom. The minimum Gasteiger partial charge on any atom is -0.250 e. The van der Waals surface area contributed by atoms with Crippen LogP contribution in [-0.4, -0.2) is 14.8 Å². The van der Waals surface area contributed by atoms with Crippen molar-refractivity contribution in [1.29, 1.82) is 0 Å². The molecule has 0 bridgehead atoms. The van der Waals surface area contributed by atoms with E-state index >= 15 is 0 Å². The van der Waals surface area contributed by atoms with Gasteiger partial charge in [0.2, 0.25) is 0 Å². The van der Waals surface area contributed by atoms with Crippen LogP contribution in [0.15, 0.2) is 6.33 Å². The third-order valence-corrected chi connectivity index (χ3v) is 2.06. The molecule has 1 aliphatic rings. The highest BCUT2D eigenvalue weighted by molar-refractivity contribution is 4.89. The van der Waals surface area contributed by atoms with E-state index in [9.17, 15) is 0 Å². The third-order valence-electron chi connectivity index (χ3n) is 2.06. The molecule has 12 heavy (non-hydrogen) atoms. The molecule has 0 aliphatic carbocycles. The van der Waals surface area contributed by atoms with Gasteiger partial charge in [-0.2, -0.15) is 5.10 Å². The van der Waals surface area contributed by atoms with Gasteiger partial charge in [-0.25, -0.2) is 4.98 Å². The van der Waals surface area contributed by atoms with Crippen molar-refractivity contribution >= 4 is 0 Å². The predicted molar refractivity (Wildman–Crippen MR) is 48.9 cm³/mol. The van der Waals surface area contributed by atoms with Gasteiger partial charge in [0.05, 0.1) is 0 Å². The summed E-state index contributed by atoms with van der Waals surface area (Å²) in [6.45, 7) is 7.31. The fraction of sp³-hybridized carbons (Fsp3) is 0.778. The minimum absolute atomic E-state index is 0.789. The van der Waals surface area contributed by atoms with E-state index in [0.717, 1.165) is 24.7 Å². The van der Waals surface area contributed by atoms with Crippen LogP contribution >= 0.6 is 0 Å². The Balaban J connectivity index is 0.000000336. The Bertz CT molecular complexity index is 229. The first kappa shape index (κ1) is 9.23. The van der Waals surface area contributed by atoms with E-state index < -0.39 is 0 Å². The molecule has 0 saturated carbocycles. The summed E-state index contributed by atoms with van der Waals surface area (Å²) in [6.07, 6.45) is 3.99. The zero-order chi connectivity index (χ0) is 8.97. The van der Waals surface area contributed by atoms with Gasteiger partial charge in [0.15, 0.2) is 0 Å². The van der Waals surface area contributed by atoms with E-state index in [0.29, 0.717) is 0 Å². The Kier molecular flexibility index (Phi) is 3.26. The van der Waals surface area contributed by atoms with Gasteiger partial charge in [0.1, 0.15) is 12.2 Å². The van der Waals surface area contributed by atoms with E-state index in [-0.39, 0.29) is 0 Å². The summed E-state index contributed by atoms with van der Waals surface area (Å²) in [5.41, 5.74) is 0. The smallest absolute Gasteiger partial charge is 0.138 e. The van der Waals surface area contributed by atoms with Crippen molar-refractivity contribution < 1.29 is 0 Å². The molecule has 0 aromatic carbocycles. The second kappa shape index (κ2) is 4.24. The topological polar surface area (TPSA) is 30.7 Å². The molecule has 1 aliphatic heterocycles. The maximum Gasteiger partial charge on any atom is 0.138 e. The molecule has 2 heterocycles. The van der Waals surface area contributed by atoms with Crippen LogP contribution < -0.4 is 0 Å². The van der Waals surface area contributed by atoms with Crippen LogP contribution in [0.2, 0.25) is 0 Å². The van der Waals surface area contributed by atoms with Crippen LogP contribution in [-0.2, 0) is 13.0 Å². The number of nitrogens with zero attached hydrogens (tertiary/aromatic N) is 3. The summed E-state index contributed by atoms with van der Waals surface area (Å²) in [4.78, 5) is 4.16. The number of rotatable bonds is 0. The molecule has 0 amide bonds. The zero-order valence-electron chi connectivity index (χ0n) is 8.12. The number of hydrogen-bond donors (Lipinski definition) is 0. The van der Waals surface area contributed by atoms with Crippen LogP contribution in [0.25, 0.3) is 0 Å². The maximum absolute atomic E-state index is 4.16. The summed E-state index contributed by atoms with van der Waals surface area (Å²) in [7, 11) is 0. The van der Waals surface area contributed by atoms with Crippen molar-refractivity contribution in [3.05, 3.63) is 12.2 Å². The van der Waals surface area contributed by atoms with Gasteiger partial charge in [-0.05, 0) is 12.3 Å². The minimum atomic E-state index is 0.789. The van der Waals surface area contributed by atoms with Crippen LogP contribution in [0.3, 0.4) is 0 Å². The van der Waals surface area contributed by atoms with E-state index in [4.69, 9.17) is 0 Å². The maximum atomic E-state index is 4.16. The molecule has 2 rings (SSSR count). The highest BCUT2D eigenvalue weighted by Gasteiger charge is 2.15. The van der Waals surface area contributed by atoms with Gasteiger partial charge >= 0.3 is 0 Å². The Morgan fingerprint density at radius 2 is 2.25 bits per heavy atom. The summed E-state index contributed by atoms with van der Waals surface area (Å²) in [5, 5.41) is 4.10. The monoisotopic (exact) mass is 167 g/mol. The fourth-order valence-corrected chi connectivity index (χ4v) is 1.39. The van der Waals surface area contributed by atoms with Gasteiger partial charge in [-0.1, -0.05) is 20.8 Å². The molecular weight excluding hydrogens is 150 g/mol. The van der Waals surface area contributed by atoms with Crippen molar-refractivity contribution in [3.63, 3.8) is 0 Å². The molecule has 0 N–H and O–H groups in total. The van der Waals surface area contributed by atoms with Crippen LogP contribution in [0.5, 0.6) is 0 Å². The molecule has 3 heteroatoms. The van der Waals surface area contributed by atoms with Crippen LogP contribution in [0.4, 0.5) is 0 Å². The van der Waals surface area contributed by atoms with Gasteiger partial charge < -0.3 is 0 Å². The van der Waals surface area contributed by atoms with E-state index in [1.54, 1.807) is 6.33 Å². The zero-order valence-corrected chi connectivity index (χ0v) is 8.12. The lowest BCUT2D eigenvalue weighted by Crippen LogP contribution is -2.18. The van der Waals surface area contributed by atoms with Gasteiger partial charge in [0.25, 0.3) is 0 Å². The van der Waals surface area contributed by atoms with E-state index in [1.165, 1.54) is 6.42 Å². The first-order chi connectivity index (χ1) is 5.86. The summed E-state index contributed by atoms with van der Waals surface area (Å²) >= 11 is 0. The van der Waals surface area contributed by atoms with Crippen molar-refractivity contribution in [1.82, 2.24) is 14.8 Å². The lowest BCUT2D eigenvalue weighted by Gasteiger charge is -2.17. The molecular formula is C9H17N3. The lowest BCUT2D eigenvalue weighted by atomic mass is 10.0. The van der Waals surface area contributed by atoms with Crippen molar-refractivity contribution in [2.24, 2.45) is 5.92 Å². The fourth-order valence-electron chi connectivity index (χ4n) is 1.39. The lowest BCUT2D eigenvalue weighted by molar-refractivity contribution is 0.386. The Hall–Kier alpha value is -0.860. The molecule has 0 saturated heterocycles. The largest absolute Gasteiger partial charge is 0.250 e. The normalized spacial score (nSPS) is 20.8. The summed E-state index contributed by atoms with van der Waals surface area (Å²) in [5.74, 6) is 1.94. The van der Waals surface area contributed by atoms with Crippen molar-refractivity contribution in [2.75, 3.05) is 0 Å². The SMILES string of the molecule is CC.CC1CCn2ncnc2C1. The van der Waals surface area contributed by atoms with E-state index in [2.05, 4.69) is 17.0 Å². The van der Waals surface area contributed by atoms with Crippen molar-refractivity contribution in [2.45, 2.75) is 40.2 Å². The summed E-state index contributed by atoms with van der Waals surface area (Å²) < 4.78 is 2.00. The molecule has 1 aromatic rings. The van der Waals surface area contributed by atoms with Crippen LogP contribution in [0, 0.1) is 5.92 Å². The average Bonchev–Trinajstić information content (AvgIpc) is 2.54. The van der Waals surface area contributed by atoms with E-state index in [1.807, 2.05) is 18.5 Å². The number of hydrogen-bond acceptors (Lipinski definition) is 2. The average molecular weight is 167 g/mol. The third kappa shape index (κ3) is 1.84. The Labute approximate surface area is 73.8 Å². The first-order valence-corrected chi connectivity index (χ1v) is 4.73. The quantitative estimate of drug-likeness (QED) is 0.590. The first-order valence-electron chi connectivity index (χ1n) is 4.73. The predicted octanol–water partition coefficient (Wildman–Crippen LogP) is 1.89. The molecule has 0 fully saturated rings. The molecule has 68 valence electrons. The molecule has 1 unspecified atom stereocenters. The highest BCUT2D eigenvalue weighted by Crippen LogP contribution is 2.16.